The number of carbonyl (C=O) groups excluding carboxylic acids is 2. The third-order valence-corrected chi connectivity index (χ3v) is 6.44. The molecule has 0 saturated carbocycles. The summed E-state index contributed by atoms with van der Waals surface area (Å²) >= 11 is 1.13. The van der Waals surface area contributed by atoms with Crippen molar-refractivity contribution in [2.45, 2.75) is 27.3 Å². The average molecular weight is 495 g/mol. The minimum Gasteiger partial charge on any atom is -0.496 e. The minimum atomic E-state index is -0.571. The number of carbonyl (C=O) groups is 2. The van der Waals surface area contributed by atoms with Crippen LogP contribution in [-0.4, -0.2) is 48.1 Å². The SMILES string of the molecule is C=C(C)CN(CC)C(=O)Cn1c(=O)/c(=C/c2c(OC)ccc3ccccc23)s/c1=C\C(=O)OCC. The summed E-state index contributed by atoms with van der Waals surface area (Å²) in [5.74, 6) is -0.185. The Hall–Kier alpha value is -3.65. The molecule has 1 aromatic heterocycles. The van der Waals surface area contributed by atoms with E-state index in [1.165, 1.54) is 10.6 Å². The van der Waals surface area contributed by atoms with Gasteiger partial charge in [0.05, 0.1) is 24.3 Å². The highest BCUT2D eigenvalue weighted by molar-refractivity contribution is 7.07. The highest BCUT2D eigenvalue weighted by Gasteiger charge is 2.17. The van der Waals surface area contributed by atoms with Gasteiger partial charge in [-0.25, -0.2) is 4.79 Å². The summed E-state index contributed by atoms with van der Waals surface area (Å²) < 4.78 is 12.7. The molecule has 0 bridgehead atoms. The number of rotatable bonds is 9. The van der Waals surface area contributed by atoms with Crippen LogP contribution in [0.3, 0.4) is 0 Å². The third-order valence-electron chi connectivity index (χ3n) is 5.38. The van der Waals surface area contributed by atoms with Crippen LogP contribution >= 0.6 is 11.3 Å². The molecule has 0 radical (unpaired) electrons. The van der Waals surface area contributed by atoms with Gasteiger partial charge in [-0.05, 0) is 43.7 Å². The van der Waals surface area contributed by atoms with Crippen LogP contribution in [0, 0.1) is 0 Å². The number of nitrogens with zero attached hydrogens (tertiary/aromatic N) is 2. The van der Waals surface area contributed by atoms with Crippen LogP contribution < -0.4 is 19.5 Å². The first kappa shape index (κ1) is 26.0. The zero-order chi connectivity index (χ0) is 25.5. The second-order valence-electron chi connectivity index (χ2n) is 8.00. The van der Waals surface area contributed by atoms with Gasteiger partial charge in [0.15, 0.2) is 0 Å². The van der Waals surface area contributed by atoms with Crippen molar-refractivity contribution in [2.75, 3.05) is 26.8 Å². The summed E-state index contributed by atoms with van der Waals surface area (Å²) in [4.78, 5) is 40.3. The molecule has 0 fully saturated rings. The van der Waals surface area contributed by atoms with Gasteiger partial charge in [-0.15, -0.1) is 11.3 Å². The Balaban J connectivity index is 2.21. The Kier molecular flexibility index (Phi) is 8.65. The fourth-order valence-electron chi connectivity index (χ4n) is 3.75. The van der Waals surface area contributed by atoms with Gasteiger partial charge in [-0.1, -0.05) is 42.5 Å². The molecule has 0 aliphatic heterocycles. The molecule has 0 N–H and O–H groups in total. The number of esters is 1. The zero-order valence-electron chi connectivity index (χ0n) is 20.5. The van der Waals surface area contributed by atoms with Crippen LogP contribution in [0.15, 0.2) is 53.3 Å². The average Bonchev–Trinajstić information content (AvgIpc) is 3.11. The maximum Gasteiger partial charge on any atom is 0.333 e. The van der Waals surface area contributed by atoms with Crippen molar-refractivity contribution in [3.8, 4) is 5.75 Å². The van der Waals surface area contributed by atoms with Gasteiger partial charge in [0, 0.05) is 18.7 Å². The van der Waals surface area contributed by atoms with E-state index in [2.05, 4.69) is 6.58 Å². The Morgan fingerprint density at radius 2 is 1.91 bits per heavy atom. The third kappa shape index (κ3) is 6.08. The normalized spacial score (nSPS) is 12.1. The standard InChI is InChI=1S/C27H30N2O5S/c1-6-28(16-18(3)4)24(30)17-29-25(15-26(31)34-7-2)35-23(27(29)32)14-21-20-11-9-8-10-19(20)12-13-22(21)33-5/h8-15H,3,6-7,16-17H2,1-2,4-5H3/b23-14-,25-15-. The summed E-state index contributed by atoms with van der Waals surface area (Å²) in [5.41, 5.74) is 1.23. The van der Waals surface area contributed by atoms with Crippen LogP contribution in [0.5, 0.6) is 5.75 Å². The van der Waals surface area contributed by atoms with Crippen molar-refractivity contribution < 1.29 is 19.1 Å². The van der Waals surface area contributed by atoms with Crippen LogP contribution in [0.1, 0.15) is 26.3 Å². The number of thiazole rings is 1. The molecular weight excluding hydrogens is 464 g/mol. The predicted molar refractivity (Wildman–Crippen MR) is 140 cm³/mol. The van der Waals surface area contributed by atoms with Crippen LogP contribution in [0.2, 0.25) is 0 Å². The van der Waals surface area contributed by atoms with E-state index in [4.69, 9.17) is 9.47 Å². The predicted octanol–water partition coefficient (Wildman–Crippen LogP) is 2.67. The lowest BCUT2D eigenvalue weighted by molar-refractivity contribution is -0.135. The number of hydrogen-bond donors (Lipinski definition) is 0. The van der Waals surface area contributed by atoms with Crippen LogP contribution in [-0.2, 0) is 20.9 Å². The molecule has 1 heterocycles. The van der Waals surface area contributed by atoms with Gasteiger partial charge in [0.2, 0.25) is 5.91 Å². The molecule has 0 aliphatic rings. The lowest BCUT2D eigenvalue weighted by Crippen LogP contribution is -2.41. The number of ether oxygens (including phenoxy) is 2. The van der Waals surface area contributed by atoms with E-state index >= 15 is 0 Å². The molecule has 184 valence electrons. The van der Waals surface area contributed by atoms with Crippen molar-refractivity contribution in [1.29, 1.82) is 0 Å². The summed E-state index contributed by atoms with van der Waals surface area (Å²) in [6.45, 7) is 10.2. The van der Waals surface area contributed by atoms with Gasteiger partial charge in [0.1, 0.15) is 17.0 Å². The Labute approximate surface area is 208 Å². The van der Waals surface area contributed by atoms with Gasteiger partial charge in [-0.2, -0.15) is 0 Å². The smallest absolute Gasteiger partial charge is 0.333 e. The number of fused-ring (bicyclic) bond motifs is 1. The van der Waals surface area contributed by atoms with E-state index in [0.29, 0.717) is 28.0 Å². The first-order valence-electron chi connectivity index (χ1n) is 11.4. The van der Waals surface area contributed by atoms with Gasteiger partial charge >= 0.3 is 5.97 Å². The maximum absolute atomic E-state index is 13.5. The number of hydrogen-bond acceptors (Lipinski definition) is 6. The Morgan fingerprint density at radius 3 is 2.57 bits per heavy atom. The van der Waals surface area contributed by atoms with Crippen LogP contribution in [0.4, 0.5) is 0 Å². The zero-order valence-corrected chi connectivity index (χ0v) is 21.3. The van der Waals surface area contributed by atoms with Gasteiger partial charge in [-0.3, -0.25) is 14.2 Å². The largest absolute Gasteiger partial charge is 0.496 e. The van der Waals surface area contributed by atoms with E-state index in [1.54, 1.807) is 25.0 Å². The fraction of sp³-hybridized carbons (Fsp3) is 0.296. The second kappa shape index (κ2) is 11.7. The number of benzene rings is 2. The number of aromatic nitrogens is 1. The summed E-state index contributed by atoms with van der Waals surface area (Å²) in [6, 6.07) is 11.6. The number of methoxy groups -OCH3 is 1. The molecular formula is C27H30N2O5S. The molecule has 0 unspecified atom stereocenters. The molecule has 2 aromatic carbocycles. The molecule has 1 amide bonds. The molecule has 8 heteroatoms. The topological polar surface area (TPSA) is 77.8 Å². The molecule has 3 aromatic rings. The summed E-state index contributed by atoms with van der Waals surface area (Å²) in [7, 11) is 1.58. The van der Waals surface area contributed by atoms with E-state index in [9.17, 15) is 14.4 Å². The molecule has 0 atom stereocenters. The lowest BCUT2D eigenvalue weighted by Gasteiger charge is -2.21. The molecule has 35 heavy (non-hydrogen) atoms. The fourth-order valence-corrected chi connectivity index (χ4v) is 4.76. The Morgan fingerprint density at radius 1 is 1.17 bits per heavy atom. The highest BCUT2D eigenvalue weighted by Crippen LogP contribution is 2.28. The molecule has 7 nitrogen and oxygen atoms in total. The van der Waals surface area contributed by atoms with Gasteiger partial charge < -0.3 is 14.4 Å². The monoisotopic (exact) mass is 494 g/mol. The molecule has 0 spiro atoms. The Bertz CT molecular complexity index is 1430. The van der Waals surface area contributed by atoms with E-state index in [-0.39, 0.29) is 24.6 Å². The summed E-state index contributed by atoms with van der Waals surface area (Å²) in [5, 5.41) is 1.93. The number of amides is 1. The van der Waals surface area contributed by atoms with Crippen molar-refractivity contribution in [2.24, 2.45) is 0 Å². The van der Waals surface area contributed by atoms with Crippen molar-refractivity contribution in [1.82, 2.24) is 9.47 Å². The molecule has 0 saturated heterocycles. The highest BCUT2D eigenvalue weighted by atomic mass is 32.1. The van der Waals surface area contributed by atoms with E-state index in [0.717, 1.165) is 33.2 Å². The van der Waals surface area contributed by atoms with Crippen LogP contribution in [0.25, 0.3) is 22.9 Å². The van der Waals surface area contributed by atoms with E-state index in [1.807, 2.05) is 50.2 Å². The summed E-state index contributed by atoms with van der Waals surface area (Å²) in [6.07, 6.45) is 3.01. The first-order valence-corrected chi connectivity index (χ1v) is 12.2. The minimum absolute atomic E-state index is 0.192. The quantitative estimate of drug-likeness (QED) is 0.338. The van der Waals surface area contributed by atoms with Gasteiger partial charge in [0.25, 0.3) is 5.56 Å². The van der Waals surface area contributed by atoms with Crippen molar-refractivity contribution in [3.63, 3.8) is 0 Å². The second-order valence-corrected chi connectivity index (χ2v) is 9.07. The van der Waals surface area contributed by atoms with Crippen molar-refractivity contribution >= 4 is 46.1 Å². The number of likely N-dealkylation sites (N-methyl/N-ethyl adjacent to an activating group) is 1. The lowest BCUT2D eigenvalue weighted by atomic mass is 10.0. The first-order chi connectivity index (χ1) is 16.8. The molecule has 3 rings (SSSR count). The van der Waals surface area contributed by atoms with E-state index < -0.39 is 5.97 Å². The molecule has 0 aliphatic carbocycles. The van der Waals surface area contributed by atoms with Crippen molar-refractivity contribution in [3.05, 3.63) is 73.7 Å². The maximum atomic E-state index is 13.5.